The number of nitrogens with zero attached hydrogens (tertiary/aromatic N) is 3. The van der Waals surface area contributed by atoms with Gasteiger partial charge < -0.3 is 40.1 Å². The molecule has 0 aromatic rings. The van der Waals surface area contributed by atoms with Gasteiger partial charge in [-0.1, -0.05) is 89.1 Å². The molecular weight excluding hydrogens is 458 g/mol. The minimum atomic E-state index is -1.61. The zero-order valence-corrected chi connectivity index (χ0v) is 21.1. The Kier molecular flexibility index (Phi) is 17.5. The summed E-state index contributed by atoms with van der Waals surface area (Å²) in [6.45, 7) is 1.22. The molecule has 1 fully saturated rings. The molecule has 6 N–H and O–H groups in total. The van der Waals surface area contributed by atoms with Crippen LogP contribution < -0.4 is 0 Å². The van der Waals surface area contributed by atoms with Crippen LogP contribution in [0.25, 0.3) is 10.4 Å². The zero-order chi connectivity index (χ0) is 26.1. The standard InChI is InChI=1S/C24H47N3O8/c1-2-3-4-5-6-7-8-9-10-11-12-13-14-18(29)20(30)17(26-27-25)16-34-24-23(33)22(32)21(31)19(15-28)35-24/h17-24,28-33H,2-16H2,1H3/t17?,18?,19-,20?,21+,22+,23-,24+/m1/s1. The lowest BCUT2D eigenvalue weighted by Crippen LogP contribution is -2.59. The molecule has 0 amide bonds. The number of aliphatic hydroxyl groups excluding tert-OH is 6. The normalized spacial score (nSPS) is 27.2. The first-order chi connectivity index (χ1) is 16.9. The number of ether oxygens (including phenoxy) is 2. The number of hydrogen-bond acceptors (Lipinski definition) is 9. The van der Waals surface area contributed by atoms with Gasteiger partial charge in [0.15, 0.2) is 6.29 Å². The van der Waals surface area contributed by atoms with Crippen molar-refractivity contribution >= 4 is 0 Å². The second kappa shape index (κ2) is 19.1. The van der Waals surface area contributed by atoms with Gasteiger partial charge in [0.25, 0.3) is 0 Å². The molecule has 11 nitrogen and oxygen atoms in total. The molecule has 35 heavy (non-hydrogen) atoms. The quantitative estimate of drug-likeness (QED) is 0.0628. The average Bonchev–Trinajstić information content (AvgIpc) is 2.86. The van der Waals surface area contributed by atoms with Crippen LogP contribution >= 0.6 is 0 Å². The first-order valence-electron chi connectivity index (χ1n) is 13.2. The highest BCUT2D eigenvalue weighted by Gasteiger charge is 2.44. The van der Waals surface area contributed by atoms with Crippen LogP contribution in [-0.2, 0) is 9.47 Å². The Balaban J connectivity index is 2.28. The molecule has 11 heteroatoms. The van der Waals surface area contributed by atoms with Crippen molar-refractivity contribution in [3.63, 3.8) is 0 Å². The summed E-state index contributed by atoms with van der Waals surface area (Å²) in [5, 5.41) is 63.2. The lowest BCUT2D eigenvalue weighted by Gasteiger charge is -2.40. The summed E-state index contributed by atoms with van der Waals surface area (Å²) in [4.78, 5) is 2.69. The van der Waals surface area contributed by atoms with Crippen LogP contribution in [0.2, 0.25) is 0 Å². The minimum absolute atomic E-state index is 0.343. The van der Waals surface area contributed by atoms with Gasteiger partial charge in [-0.15, -0.1) is 0 Å². The molecule has 0 radical (unpaired) electrons. The number of aliphatic hydroxyl groups is 6. The van der Waals surface area contributed by atoms with Crippen LogP contribution in [0.4, 0.5) is 0 Å². The highest BCUT2D eigenvalue weighted by molar-refractivity contribution is 4.89. The summed E-state index contributed by atoms with van der Waals surface area (Å²) in [7, 11) is 0. The molecule has 0 aliphatic carbocycles. The SMILES string of the molecule is CCCCCCCCCCCCCCC(O)C(O)C(CO[C@H]1O[C@H](CO)[C@H](O)[C@H](O)[C@H]1O)N=[N+]=[N-]. The van der Waals surface area contributed by atoms with Gasteiger partial charge in [-0.05, 0) is 12.0 Å². The predicted molar refractivity (Wildman–Crippen MR) is 130 cm³/mol. The van der Waals surface area contributed by atoms with Crippen molar-refractivity contribution in [2.24, 2.45) is 5.11 Å². The van der Waals surface area contributed by atoms with E-state index in [1.54, 1.807) is 0 Å². The fraction of sp³-hybridized carbons (Fsp3) is 1.00. The molecule has 1 heterocycles. The second-order valence-electron chi connectivity index (χ2n) is 9.54. The van der Waals surface area contributed by atoms with Gasteiger partial charge in [-0.3, -0.25) is 0 Å². The van der Waals surface area contributed by atoms with E-state index in [1.165, 1.54) is 51.4 Å². The minimum Gasteiger partial charge on any atom is -0.394 e. The smallest absolute Gasteiger partial charge is 0.186 e. The maximum atomic E-state index is 10.4. The van der Waals surface area contributed by atoms with E-state index in [4.69, 9.17) is 15.0 Å². The molecule has 1 aliphatic heterocycles. The highest BCUT2D eigenvalue weighted by atomic mass is 16.7. The van der Waals surface area contributed by atoms with E-state index in [0.29, 0.717) is 6.42 Å². The van der Waals surface area contributed by atoms with Crippen LogP contribution in [0.1, 0.15) is 90.4 Å². The van der Waals surface area contributed by atoms with Crippen LogP contribution in [0.3, 0.4) is 0 Å². The highest BCUT2D eigenvalue weighted by Crippen LogP contribution is 2.23. The molecule has 0 spiro atoms. The zero-order valence-electron chi connectivity index (χ0n) is 21.1. The van der Waals surface area contributed by atoms with Gasteiger partial charge in [0.05, 0.1) is 31.5 Å². The molecule has 3 unspecified atom stereocenters. The summed E-state index contributed by atoms with van der Waals surface area (Å²) in [5.74, 6) is 0. The maximum Gasteiger partial charge on any atom is 0.186 e. The van der Waals surface area contributed by atoms with Crippen molar-refractivity contribution in [2.45, 2.75) is 139 Å². The van der Waals surface area contributed by atoms with Gasteiger partial charge in [0, 0.05) is 4.91 Å². The Morgan fingerprint density at radius 3 is 1.91 bits per heavy atom. The van der Waals surface area contributed by atoms with Gasteiger partial charge >= 0.3 is 0 Å². The monoisotopic (exact) mass is 505 g/mol. The molecule has 0 saturated carbocycles. The summed E-state index contributed by atoms with van der Waals surface area (Å²) in [6, 6.07) is -1.15. The summed E-state index contributed by atoms with van der Waals surface area (Å²) in [6.07, 6.45) is 4.79. The molecule has 0 bridgehead atoms. The molecule has 8 atom stereocenters. The number of azide groups is 1. The van der Waals surface area contributed by atoms with E-state index in [9.17, 15) is 30.6 Å². The fourth-order valence-corrected chi connectivity index (χ4v) is 4.29. The molecule has 0 aromatic heterocycles. The van der Waals surface area contributed by atoms with Gasteiger partial charge in [-0.25, -0.2) is 0 Å². The lowest BCUT2D eigenvalue weighted by molar-refractivity contribution is -0.302. The maximum absolute atomic E-state index is 10.4. The number of hydrogen-bond donors (Lipinski definition) is 6. The van der Waals surface area contributed by atoms with Crippen LogP contribution in [-0.4, -0.2) is 92.8 Å². The van der Waals surface area contributed by atoms with Crippen molar-refractivity contribution in [1.29, 1.82) is 0 Å². The van der Waals surface area contributed by atoms with Gasteiger partial charge in [0.2, 0.25) is 0 Å². The van der Waals surface area contributed by atoms with Crippen molar-refractivity contribution < 1.29 is 40.1 Å². The Hall–Kier alpha value is -1.01. The Bertz CT molecular complexity index is 579. The average molecular weight is 506 g/mol. The van der Waals surface area contributed by atoms with Crippen LogP contribution in [0.5, 0.6) is 0 Å². The van der Waals surface area contributed by atoms with Crippen molar-refractivity contribution in [3.05, 3.63) is 10.4 Å². The molecule has 1 rings (SSSR count). The number of rotatable bonds is 20. The van der Waals surface area contributed by atoms with Crippen molar-refractivity contribution in [1.82, 2.24) is 0 Å². The molecule has 206 valence electrons. The first-order valence-corrected chi connectivity index (χ1v) is 13.2. The summed E-state index contributed by atoms with van der Waals surface area (Å²) >= 11 is 0. The van der Waals surface area contributed by atoms with E-state index < -0.39 is 62.2 Å². The molecule has 1 saturated heterocycles. The molecule has 1 aliphatic rings. The molecule has 0 aromatic carbocycles. The lowest BCUT2D eigenvalue weighted by atomic mass is 9.99. The largest absolute Gasteiger partial charge is 0.394 e. The topological polar surface area (TPSA) is 189 Å². The Morgan fingerprint density at radius 1 is 0.857 bits per heavy atom. The van der Waals surface area contributed by atoms with Gasteiger partial charge in [-0.2, -0.15) is 0 Å². The van der Waals surface area contributed by atoms with Crippen LogP contribution in [0.15, 0.2) is 5.11 Å². The Labute approximate surface area is 208 Å². The Morgan fingerprint density at radius 2 is 1.40 bits per heavy atom. The predicted octanol–water partition coefficient (Wildman–Crippen LogP) is 2.29. The third-order valence-electron chi connectivity index (χ3n) is 6.62. The van der Waals surface area contributed by atoms with E-state index in [2.05, 4.69) is 16.9 Å². The molecular formula is C24H47N3O8. The third-order valence-corrected chi connectivity index (χ3v) is 6.62. The van der Waals surface area contributed by atoms with E-state index in [1.807, 2.05) is 0 Å². The van der Waals surface area contributed by atoms with Crippen molar-refractivity contribution in [2.75, 3.05) is 13.2 Å². The van der Waals surface area contributed by atoms with Crippen LogP contribution in [0, 0.1) is 0 Å². The van der Waals surface area contributed by atoms with E-state index >= 15 is 0 Å². The van der Waals surface area contributed by atoms with Gasteiger partial charge in [0.1, 0.15) is 24.4 Å². The third kappa shape index (κ3) is 12.2. The number of unbranched alkanes of at least 4 members (excludes halogenated alkanes) is 11. The van der Waals surface area contributed by atoms with Crippen molar-refractivity contribution in [3.8, 4) is 0 Å². The fourth-order valence-electron chi connectivity index (χ4n) is 4.29. The first kappa shape index (κ1) is 32.0. The summed E-state index contributed by atoms with van der Waals surface area (Å²) in [5.41, 5.74) is 8.83. The second-order valence-corrected chi connectivity index (χ2v) is 9.54. The summed E-state index contributed by atoms with van der Waals surface area (Å²) < 4.78 is 10.6. The van der Waals surface area contributed by atoms with E-state index in [0.717, 1.165) is 25.7 Å². The van der Waals surface area contributed by atoms with E-state index in [-0.39, 0.29) is 0 Å².